The van der Waals surface area contributed by atoms with E-state index in [1.807, 2.05) is 6.07 Å². The van der Waals surface area contributed by atoms with Gasteiger partial charge in [0.05, 0.1) is 5.69 Å². The number of hydrogen-bond donors (Lipinski definition) is 3. The van der Waals surface area contributed by atoms with Crippen LogP contribution in [-0.4, -0.2) is 88.2 Å². The lowest BCUT2D eigenvalue weighted by molar-refractivity contribution is -0.191. The maximum atomic E-state index is 14.7. The van der Waals surface area contributed by atoms with Crippen LogP contribution in [0.3, 0.4) is 0 Å². The third-order valence-corrected chi connectivity index (χ3v) is 11.2. The first-order valence-electron chi connectivity index (χ1n) is 17.8. The second kappa shape index (κ2) is 18.8. The predicted molar refractivity (Wildman–Crippen MR) is 187 cm³/mol. The number of ether oxygens (including phenoxy) is 5. The summed E-state index contributed by atoms with van der Waals surface area (Å²) in [5.74, 6) is -3.03. The number of nitrogens with two attached hydrogens (primary N) is 1. The zero-order chi connectivity index (χ0) is 38.8. The minimum atomic E-state index is -4.53. The minimum Gasteiger partial charge on any atom is -0.461 e. The van der Waals surface area contributed by atoms with Crippen LogP contribution in [0.25, 0.3) is 5.52 Å². The summed E-state index contributed by atoms with van der Waals surface area (Å²) in [5.41, 5.74) is 4.11. The van der Waals surface area contributed by atoms with Gasteiger partial charge in [-0.25, -0.2) is 19.7 Å². The third-order valence-electron chi connectivity index (χ3n) is 9.24. The number of hydrogen-bond acceptors (Lipinski definition) is 15. The second-order valence-corrected chi connectivity index (χ2v) is 15.3. The summed E-state index contributed by atoms with van der Waals surface area (Å²) in [7, 11) is -3.41. The zero-order valence-corrected chi connectivity index (χ0v) is 31.7. The average Bonchev–Trinajstić information content (AvgIpc) is 3.56. The van der Waals surface area contributed by atoms with E-state index >= 15 is 0 Å². The lowest BCUT2D eigenvalue weighted by Gasteiger charge is -2.37. The number of aromatic nitrogens is 3. The smallest absolute Gasteiger partial charge is 0.342 e. The predicted octanol–water partition coefficient (Wildman–Crippen LogP) is 3.59. The van der Waals surface area contributed by atoms with Crippen LogP contribution in [0.2, 0.25) is 0 Å². The van der Waals surface area contributed by atoms with Gasteiger partial charge in [0.15, 0.2) is 18.0 Å². The van der Waals surface area contributed by atoms with Crippen molar-refractivity contribution in [3.63, 3.8) is 0 Å². The Balaban J connectivity index is 1.67. The molecule has 2 heterocycles. The summed E-state index contributed by atoms with van der Waals surface area (Å²) in [6.07, 6.45) is 5.74. The van der Waals surface area contributed by atoms with Gasteiger partial charge in [0.1, 0.15) is 48.8 Å². The molecule has 19 heteroatoms. The van der Waals surface area contributed by atoms with Gasteiger partial charge in [-0.3, -0.25) is 23.7 Å². The van der Waals surface area contributed by atoms with Crippen molar-refractivity contribution in [2.24, 2.45) is 0 Å². The van der Waals surface area contributed by atoms with Crippen LogP contribution >= 0.6 is 7.67 Å². The molecule has 2 aromatic rings. The van der Waals surface area contributed by atoms with Crippen molar-refractivity contribution < 1.29 is 52.0 Å². The van der Waals surface area contributed by atoms with Crippen LogP contribution in [0.1, 0.15) is 104 Å². The number of carbonyl (C=O) groups excluding carboxylic acids is 4. The highest BCUT2D eigenvalue weighted by molar-refractivity contribution is 7.54. The summed E-state index contributed by atoms with van der Waals surface area (Å²) in [5, 5.41) is 20.1. The van der Waals surface area contributed by atoms with Gasteiger partial charge in [-0.05, 0) is 77.3 Å². The largest absolute Gasteiger partial charge is 0.461 e. The van der Waals surface area contributed by atoms with Crippen LogP contribution in [0.5, 0.6) is 0 Å². The third kappa shape index (κ3) is 11.0. The average molecular weight is 764 g/mol. The molecule has 2 aliphatic carbocycles. The van der Waals surface area contributed by atoms with Crippen molar-refractivity contribution in [2.75, 3.05) is 19.5 Å². The Morgan fingerprint density at radius 3 is 1.94 bits per heavy atom. The fourth-order valence-corrected chi connectivity index (χ4v) is 8.26. The maximum Gasteiger partial charge on any atom is 0.342 e. The van der Waals surface area contributed by atoms with E-state index < -0.39 is 68.0 Å². The molecule has 0 amide bonds. The van der Waals surface area contributed by atoms with E-state index in [0.29, 0.717) is 31.2 Å². The summed E-state index contributed by atoms with van der Waals surface area (Å²) < 4.78 is 50.2. The quantitative estimate of drug-likeness (QED) is 0.118. The van der Waals surface area contributed by atoms with Gasteiger partial charge in [0.2, 0.25) is 5.60 Å². The van der Waals surface area contributed by atoms with Gasteiger partial charge < -0.3 is 33.9 Å². The maximum absolute atomic E-state index is 14.7. The second-order valence-electron chi connectivity index (χ2n) is 13.4. The molecule has 292 valence electrons. The minimum absolute atomic E-state index is 0.0869. The Morgan fingerprint density at radius 1 is 0.943 bits per heavy atom. The number of fused-ring (bicyclic) bond motifs is 1. The Hall–Kier alpha value is -4.14. The molecule has 0 spiro atoms. The molecule has 2 fully saturated rings. The van der Waals surface area contributed by atoms with E-state index in [2.05, 4.69) is 20.3 Å². The molecule has 2 aliphatic rings. The molecule has 0 aromatic carbocycles. The molecule has 1 unspecified atom stereocenters. The van der Waals surface area contributed by atoms with Crippen molar-refractivity contribution in [1.29, 1.82) is 5.26 Å². The highest BCUT2D eigenvalue weighted by Gasteiger charge is 2.52. The number of nitriles is 1. The highest BCUT2D eigenvalue weighted by atomic mass is 31.2. The van der Waals surface area contributed by atoms with E-state index in [1.165, 1.54) is 30.5 Å². The van der Waals surface area contributed by atoms with Crippen LogP contribution in [0.4, 0.5) is 5.82 Å². The monoisotopic (exact) mass is 763 g/mol. The summed E-state index contributed by atoms with van der Waals surface area (Å²) in [6.45, 7) is 4.11. The number of rotatable bonds is 17. The number of nitrogens with zero attached hydrogens (tertiary/aromatic N) is 4. The number of nitrogens with one attached hydrogen (secondary N) is 2. The van der Waals surface area contributed by atoms with E-state index in [1.54, 1.807) is 0 Å². The highest BCUT2D eigenvalue weighted by Crippen LogP contribution is 2.43. The molecule has 5 atom stereocenters. The number of esters is 4. The lowest BCUT2D eigenvalue weighted by Crippen LogP contribution is -2.53. The van der Waals surface area contributed by atoms with Crippen molar-refractivity contribution in [1.82, 2.24) is 24.8 Å². The van der Waals surface area contributed by atoms with Gasteiger partial charge in [0, 0.05) is 21.0 Å². The first kappa shape index (κ1) is 41.6. The fourth-order valence-electron chi connectivity index (χ4n) is 6.44. The first-order chi connectivity index (χ1) is 25.2. The number of nitrogen functional groups attached to an aromatic ring is 1. The molecular formula is C34H50N7O11P. The van der Waals surface area contributed by atoms with Gasteiger partial charge in [-0.15, -0.1) is 0 Å². The van der Waals surface area contributed by atoms with Gasteiger partial charge in [-0.1, -0.05) is 12.8 Å². The first-order valence-corrected chi connectivity index (χ1v) is 19.4. The van der Waals surface area contributed by atoms with Crippen molar-refractivity contribution >= 4 is 42.9 Å². The molecule has 0 radical (unpaired) electrons. The Labute approximate surface area is 308 Å². The summed E-state index contributed by atoms with van der Waals surface area (Å²) in [6, 6.07) is 2.52. The number of methoxy groups -OCH3 is 1. The molecular weight excluding hydrogens is 713 g/mol. The Kier molecular flexibility index (Phi) is 14.7. The van der Waals surface area contributed by atoms with Crippen LogP contribution in [-0.2, 0) is 52.0 Å². The fraction of sp³-hybridized carbons (Fsp3) is 0.676. The van der Waals surface area contributed by atoms with E-state index in [0.717, 1.165) is 65.8 Å². The van der Waals surface area contributed by atoms with Crippen molar-refractivity contribution in [3.8, 4) is 6.07 Å². The molecule has 0 bridgehead atoms. The van der Waals surface area contributed by atoms with Crippen molar-refractivity contribution in [2.45, 2.75) is 134 Å². The number of carbonyl (C=O) groups is 4. The Morgan fingerprint density at radius 2 is 1.47 bits per heavy atom. The van der Waals surface area contributed by atoms with Crippen molar-refractivity contribution in [3.05, 3.63) is 24.2 Å². The molecule has 4 rings (SSSR count). The molecule has 0 aliphatic heterocycles. The SMILES string of the molecule is COC(C#N)(COP(=O)(N[C@@H](C)C(=O)OC1CCCCC1)N[C@@H](C)C(=O)OC1CCCCC1)[C@@H](OC(C)=O)[C@@H](OC(C)=O)c1ccc2c(N)ncnn12. The van der Waals surface area contributed by atoms with E-state index in [-0.39, 0.29) is 23.7 Å². The molecule has 4 N–H and O–H groups in total. The van der Waals surface area contributed by atoms with Crippen LogP contribution < -0.4 is 15.9 Å². The zero-order valence-electron chi connectivity index (χ0n) is 30.8. The summed E-state index contributed by atoms with van der Waals surface area (Å²) in [4.78, 5) is 55.4. The molecule has 0 saturated heterocycles. The van der Waals surface area contributed by atoms with E-state index in [9.17, 15) is 29.0 Å². The number of anilines is 1. The Bertz CT molecular complexity index is 1640. The van der Waals surface area contributed by atoms with Gasteiger partial charge in [-0.2, -0.15) is 10.4 Å². The standard InChI is InChI=1S/C34H50N7O11P/c1-21(32(44)51-25-12-8-6-9-13-25)39-53(46,40-22(2)33(45)52-26-14-10-7-11-15-26)48-19-34(18-35,47-5)30(50-24(4)43)29(49-23(3)42)27-16-17-28-31(36)37-20-38-41(27)28/h16-17,20-22,25-26,29-30H,6-15,19H2,1-5H3,(H2,36,37,38)(H2,39,40,46)/t21-,22-,29-,30-,34?/m0/s1. The molecule has 53 heavy (non-hydrogen) atoms. The lowest BCUT2D eigenvalue weighted by atomic mass is 9.92. The van der Waals surface area contributed by atoms with Gasteiger partial charge >= 0.3 is 31.5 Å². The van der Waals surface area contributed by atoms with Crippen LogP contribution in [0.15, 0.2) is 18.5 Å². The molecule has 18 nitrogen and oxygen atoms in total. The normalized spacial score (nSPS) is 19.2. The van der Waals surface area contributed by atoms with Gasteiger partial charge in [0.25, 0.3) is 0 Å². The molecule has 2 aromatic heterocycles. The topological polar surface area (TPSA) is 245 Å². The summed E-state index contributed by atoms with van der Waals surface area (Å²) >= 11 is 0. The van der Waals surface area contributed by atoms with Crippen LogP contribution in [0, 0.1) is 11.3 Å². The van der Waals surface area contributed by atoms with E-state index in [4.69, 9.17) is 33.9 Å². The molecule has 2 saturated carbocycles.